The highest BCUT2D eigenvalue weighted by molar-refractivity contribution is 7.98. The first-order chi connectivity index (χ1) is 8.26. The quantitative estimate of drug-likeness (QED) is 0.364. The van der Waals surface area contributed by atoms with Gasteiger partial charge in [0.1, 0.15) is 5.60 Å². The number of benzene rings is 1. The van der Waals surface area contributed by atoms with Crippen LogP contribution < -0.4 is 0 Å². The van der Waals surface area contributed by atoms with Crippen LogP contribution in [0, 0.1) is 10.1 Å². The van der Waals surface area contributed by atoms with Crippen molar-refractivity contribution in [1.29, 1.82) is 0 Å². The van der Waals surface area contributed by atoms with Crippen LogP contribution in [0.2, 0.25) is 0 Å². The van der Waals surface area contributed by atoms with Crippen molar-refractivity contribution in [1.82, 2.24) is 0 Å². The molecule has 0 fully saturated rings. The largest absolute Gasteiger partial charge is 0.456 e. The average Bonchev–Trinajstić information content (AvgIpc) is 2.25. The molecule has 98 valence electrons. The van der Waals surface area contributed by atoms with Crippen molar-refractivity contribution in [3.63, 3.8) is 0 Å². The molecule has 0 saturated heterocycles. The first kappa shape index (κ1) is 14.5. The Hall–Kier alpha value is -1.56. The predicted octanol–water partition coefficient (Wildman–Crippen LogP) is 3.27. The number of esters is 1. The minimum atomic E-state index is -0.684. The van der Waals surface area contributed by atoms with Crippen LogP contribution in [0.5, 0.6) is 0 Å². The van der Waals surface area contributed by atoms with Crippen molar-refractivity contribution >= 4 is 23.4 Å². The minimum absolute atomic E-state index is 0.0184. The minimum Gasteiger partial charge on any atom is -0.456 e. The Morgan fingerprint density at radius 1 is 1.39 bits per heavy atom. The van der Waals surface area contributed by atoms with Gasteiger partial charge in [-0.1, -0.05) is 6.07 Å². The highest BCUT2D eigenvalue weighted by atomic mass is 32.2. The summed E-state index contributed by atoms with van der Waals surface area (Å²) in [6.45, 7) is 5.16. The van der Waals surface area contributed by atoms with Crippen molar-refractivity contribution in [3.05, 3.63) is 33.9 Å². The van der Waals surface area contributed by atoms with Gasteiger partial charge < -0.3 is 4.74 Å². The van der Waals surface area contributed by atoms with E-state index >= 15 is 0 Å². The molecule has 0 radical (unpaired) electrons. The Bertz CT molecular complexity index is 479. The van der Waals surface area contributed by atoms with Gasteiger partial charge in [0.25, 0.3) is 5.69 Å². The standard InChI is InChI=1S/C12H15NO4S/c1-12(2,3)17-11(14)10-8(13(15)16)6-5-7-9(10)18-4/h5-7H,1-4H3. The first-order valence-electron chi connectivity index (χ1n) is 5.31. The molecule has 0 aliphatic rings. The van der Waals surface area contributed by atoms with Gasteiger partial charge in [-0.3, -0.25) is 10.1 Å². The summed E-state index contributed by atoms with van der Waals surface area (Å²) in [4.78, 5) is 22.9. The highest BCUT2D eigenvalue weighted by Gasteiger charge is 2.28. The Kier molecular flexibility index (Phi) is 4.34. The van der Waals surface area contributed by atoms with E-state index in [9.17, 15) is 14.9 Å². The fourth-order valence-electron chi connectivity index (χ4n) is 1.38. The maximum Gasteiger partial charge on any atom is 0.346 e. The van der Waals surface area contributed by atoms with Crippen LogP contribution in [0.1, 0.15) is 31.1 Å². The van der Waals surface area contributed by atoms with Crippen LogP contribution in [-0.4, -0.2) is 22.7 Å². The number of carbonyl (C=O) groups is 1. The molecule has 5 nitrogen and oxygen atoms in total. The van der Waals surface area contributed by atoms with Gasteiger partial charge in [-0.2, -0.15) is 0 Å². The normalized spacial score (nSPS) is 11.1. The molecular formula is C12H15NO4S. The van der Waals surface area contributed by atoms with Gasteiger partial charge in [0.15, 0.2) is 5.56 Å². The lowest BCUT2D eigenvalue weighted by Gasteiger charge is -2.20. The molecule has 18 heavy (non-hydrogen) atoms. The Morgan fingerprint density at radius 3 is 2.44 bits per heavy atom. The molecule has 0 aromatic heterocycles. The second-order valence-electron chi connectivity index (χ2n) is 4.61. The molecule has 0 amide bonds. The predicted molar refractivity (Wildman–Crippen MR) is 70.0 cm³/mol. The SMILES string of the molecule is CSc1cccc([N+](=O)[O-])c1C(=O)OC(C)(C)C. The molecule has 0 saturated carbocycles. The van der Waals surface area contributed by atoms with Crippen LogP contribution in [0.25, 0.3) is 0 Å². The Morgan fingerprint density at radius 2 is 2.00 bits per heavy atom. The van der Waals surface area contributed by atoms with Gasteiger partial charge in [-0.25, -0.2) is 4.79 Å². The van der Waals surface area contributed by atoms with E-state index in [-0.39, 0.29) is 11.3 Å². The van der Waals surface area contributed by atoms with E-state index in [1.165, 1.54) is 17.8 Å². The zero-order valence-corrected chi connectivity index (χ0v) is 11.5. The van der Waals surface area contributed by atoms with Crippen LogP contribution in [0.3, 0.4) is 0 Å². The molecule has 0 atom stereocenters. The molecule has 1 aromatic rings. The van der Waals surface area contributed by atoms with Crippen molar-refractivity contribution < 1.29 is 14.5 Å². The maximum absolute atomic E-state index is 12.0. The number of nitro groups is 1. The monoisotopic (exact) mass is 269 g/mol. The van der Waals surface area contributed by atoms with Crippen molar-refractivity contribution in [2.75, 3.05) is 6.26 Å². The van der Waals surface area contributed by atoms with Crippen LogP contribution in [-0.2, 0) is 4.74 Å². The van der Waals surface area contributed by atoms with Gasteiger partial charge in [-0.15, -0.1) is 11.8 Å². The number of hydrogen-bond acceptors (Lipinski definition) is 5. The molecule has 0 bridgehead atoms. The summed E-state index contributed by atoms with van der Waals surface area (Å²) in [6.07, 6.45) is 1.76. The molecule has 0 heterocycles. The van der Waals surface area contributed by atoms with Crippen molar-refractivity contribution in [2.24, 2.45) is 0 Å². The topological polar surface area (TPSA) is 69.4 Å². The molecule has 0 spiro atoms. The highest BCUT2D eigenvalue weighted by Crippen LogP contribution is 2.30. The number of ether oxygens (including phenoxy) is 1. The molecule has 0 aliphatic carbocycles. The number of thioether (sulfide) groups is 1. The van der Waals surface area contributed by atoms with E-state index in [1.807, 2.05) is 0 Å². The number of nitrogens with zero attached hydrogens (tertiary/aromatic N) is 1. The number of carbonyl (C=O) groups excluding carboxylic acids is 1. The number of hydrogen-bond donors (Lipinski definition) is 0. The zero-order chi connectivity index (χ0) is 13.9. The van der Waals surface area contributed by atoms with Crippen molar-refractivity contribution in [2.45, 2.75) is 31.3 Å². The molecule has 1 rings (SSSR count). The molecule has 0 aliphatic heterocycles. The second kappa shape index (κ2) is 5.39. The van der Waals surface area contributed by atoms with Crippen LogP contribution >= 0.6 is 11.8 Å². The summed E-state index contributed by atoms with van der Waals surface area (Å²) in [5.74, 6) is -0.667. The summed E-state index contributed by atoms with van der Waals surface area (Å²) >= 11 is 1.28. The third-order valence-corrected chi connectivity index (χ3v) is 2.80. The maximum atomic E-state index is 12.0. The fourth-order valence-corrected chi connectivity index (χ4v) is 1.98. The summed E-state index contributed by atoms with van der Waals surface area (Å²) in [5.41, 5.74) is -0.891. The van der Waals surface area contributed by atoms with E-state index in [2.05, 4.69) is 0 Å². The van der Waals surface area contributed by atoms with E-state index in [0.717, 1.165) is 0 Å². The smallest absolute Gasteiger partial charge is 0.346 e. The van der Waals surface area contributed by atoms with E-state index < -0.39 is 16.5 Å². The molecule has 1 aromatic carbocycles. The van der Waals surface area contributed by atoms with Gasteiger partial charge in [-0.05, 0) is 33.1 Å². The van der Waals surface area contributed by atoms with Gasteiger partial charge in [0.05, 0.1) is 4.92 Å². The average molecular weight is 269 g/mol. The first-order valence-corrected chi connectivity index (χ1v) is 6.53. The van der Waals surface area contributed by atoms with Crippen molar-refractivity contribution in [3.8, 4) is 0 Å². The van der Waals surface area contributed by atoms with E-state index in [0.29, 0.717) is 4.90 Å². The van der Waals surface area contributed by atoms with Crippen LogP contribution in [0.4, 0.5) is 5.69 Å². The Balaban J connectivity index is 3.28. The molecular weight excluding hydrogens is 254 g/mol. The second-order valence-corrected chi connectivity index (χ2v) is 5.46. The lowest BCUT2D eigenvalue weighted by atomic mass is 10.1. The third kappa shape index (κ3) is 3.46. The lowest BCUT2D eigenvalue weighted by molar-refractivity contribution is -0.385. The number of nitro benzene ring substituents is 1. The van der Waals surface area contributed by atoms with Gasteiger partial charge in [0.2, 0.25) is 0 Å². The summed E-state index contributed by atoms with van der Waals surface area (Å²) < 4.78 is 5.20. The third-order valence-electron chi connectivity index (χ3n) is 2.02. The fraction of sp³-hybridized carbons (Fsp3) is 0.417. The Labute approximate surface area is 110 Å². The summed E-state index contributed by atoms with van der Waals surface area (Å²) in [5, 5.41) is 10.9. The summed E-state index contributed by atoms with van der Waals surface area (Å²) in [7, 11) is 0. The number of rotatable bonds is 3. The van der Waals surface area contributed by atoms with Gasteiger partial charge >= 0.3 is 5.97 Å². The summed E-state index contributed by atoms with van der Waals surface area (Å²) in [6, 6.07) is 4.52. The molecule has 0 unspecified atom stereocenters. The molecule has 0 N–H and O–H groups in total. The van der Waals surface area contributed by atoms with Crippen LogP contribution in [0.15, 0.2) is 23.1 Å². The molecule has 6 heteroatoms. The van der Waals surface area contributed by atoms with Gasteiger partial charge in [0, 0.05) is 11.0 Å². The van der Waals surface area contributed by atoms with E-state index in [4.69, 9.17) is 4.74 Å². The van der Waals surface area contributed by atoms with E-state index in [1.54, 1.807) is 39.2 Å². The zero-order valence-electron chi connectivity index (χ0n) is 10.7. The lowest BCUT2D eigenvalue weighted by Crippen LogP contribution is -2.24.